The van der Waals surface area contributed by atoms with Crippen LogP contribution in [-0.2, 0) is 18.3 Å². The lowest BCUT2D eigenvalue weighted by molar-refractivity contribution is 0.0884. The molecule has 0 spiro atoms. The molecule has 160 valence electrons. The van der Waals surface area contributed by atoms with Crippen molar-refractivity contribution in [1.82, 2.24) is 24.8 Å². The lowest BCUT2D eigenvalue weighted by Crippen LogP contribution is -2.43. The van der Waals surface area contributed by atoms with Gasteiger partial charge in [-0.25, -0.2) is 4.98 Å². The fraction of sp³-hybridized carbons (Fsp3) is 0.333. The monoisotopic (exact) mass is 417 g/mol. The molecule has 31 heavy (non-hydrogen) atoms. The molecular weight excluding hydrogens is 390 g/mol. The van der Waals surface area contributed by atoms with Gasteiger partial charge in [-0.2, -0.15) is 0 Å². The van der Waals surface area contributed by atoms with E-state index in [-0.39, 0.29) is 11.9 Å². The number of hydrogen-bond acceptors (Lipinski definition) is 4. The Morgan fingerprint density at radius 2 is 2.10 bits per heavy atom. The molecule has 1 amide bonds. The van der Waals surface area contributed by atoms with Crippen LogP contribution in [-0.4, -0.2) is 52.4 Å². The highest BCUT2D eigenvalue weighted by atomic mass is 16.5. The Labute approximate surface area is 181 Å². The minimum absolute atomic E-state index is 0.0368. The van der Waals surface area contributed by atoms with Crippen LogP contribution in [0.2, 0.25) is 0 Å². The maximum absolute atomic E-state index is 12.8. The maximum Gasteiger partial charge on any atom is 0.251 e. The number of nitrogens with one attached hydrogen (secondary N) is 2. The van der Waals surface area contributed by atoms with Gasteiger partial charge in [0.1, 0.15) is 0 Å². The van der Waals surface area contributed by atoms with Gasteiger partial charge in [0, 0.05) is 43.1 Å². The molecule has 0 bridgehead atoms. The summed E-state index contributed by atoms with van der Waals surface area (Å²) in [6.07, 6.45) is 0. The van der Waals surface area contributed by atoms with Crippen LogP contribution in [0.15, 0.2) is 48.5 Å². The smallest absolute Gasteiger partial charge is 0.251 e. The number of rotatable bonds is 4. The molecule has 1 fully saturated rings. The van der Waals surface area contributed by atoms with E-state index < -0.39 is 0 Å². The SMILES string of the molecule is CCn1c(-c2nc3cc(C(=O)NC4CNCCOC4)ccc3n2C)cc2ccccc21. The highest BCUT2D eigenvalue weighted by molar-refractivity contribution is 5.98. The van der Waals surface area contributed by atoms with Crippen molar-refractivity contribution >= 4 is 27.8 Å². The summed E-state index contributed by atoms with van der Waals surface area (Å²) in [5, 5.41) is 7.54. The Bertz CT molecular complexity index is 1250. The third-order valence-electron chi connectivity index (χ3n) is 5.97. The molecular formula is C24H27N5O2. The van der Waals surface area contributed by atoms with Gasteiger partial charge in [0.15, 0.2) is 5.82 Å². The number of ether oxygens (including phenoxy) is 1. The summed E-state index contributed by atoms with van der Waals surface area (Å²) in [5.41, 5.74) is 4.70. The van der Waals surface area contributed by atoms with Gasteiger partial charge in [-0.1, -0.05) is 18.2 Å². The van der Waals surface area contributed by atoms with Crippen LogP contribution >= 0.6 is 0 Å². The maximum atomic E-state index is 12.8. The largest absolute Gasteiger partial charge is 0.378 e. The number of hydrogen-bond donors (Lipinski definition) is 2. The number of carbonyl (C=O) groups excluding carboxylic acids is 1. The number of benzene rings is 2. The van der Waals surface area contributed by atoms with Gasteiger partial charge in [0.25, 0.3) is 5.91 Å². The molecule has 0 radical (unpaired) electrons. The van der Waals surface area contributed by atoms with Crippen molar-refractivity contribution < 1.29 is 9.53 Å². The third-order valence-corrected chi connectivity index (χ3v) is 5.97. The summed E-state index contributed by atoms with van der Waals surface area (Å²) in [7, 11) is 2.02. The van der Waals surface area contributed by atoms with Crippen molar-refractivity contribution in [3.8, 4) is 11.5 Å². The lowest BCUT2D eigenvalue weighted by Gasteiger charge is -2.15. The minimum atomic E-state index is -0.103. The van der Waals surface area contributed by atoms with E-state index in [1.54, 1.807) is 0 Å². The van der Waals surface area contributed by atoms with E-state index in [0.717, 1.165) is 35.6 Å². The molecule has 7 nitrogen and oxygen atoms in total. The average molecular weight is 418 g/mol. The van der Waals surface area contributed by atoms with Crippen LogP contribution < -0.4 is 10.6 Å². The molecule has 0 aliphatic carbocycles. The highest BCUT2D eigenvalue weighted by Crippen LogP contribution is 2.30. The quantitative estimate of drug-likeness (QED) is 0.536. The summed E-state index contributed by atoms with van der Waals surface area (Å²) in [6.45, 7) is 5.72. The zero-order chi connectivity index (χ0) is 21.4. The van der Waals surface area contributed by atoms with Crippen molar-refractivity contribution in [3.05, 3.63) is 54.1 Å². The van der Waals surface area contributed by atoms with Crippen molar-refractivity contribution in [2.45, 2.75) is 19.5 Å². The molecule has 1 aliphatic rings. The zero-order valence-electron chi connectivity index (χ0n) is 17.9. The van der Waals surface area contributed by atoms with Crippen LogP contribution in [0.1, 0.15) is 17.3 Å². The Balaban J connectivity index is 1.50. The molecule has 1 aliphatic heterocycles. The predicted octanol–water partition coefficient (Wildman–Crippen LogP) is 2.93. The Morgan fingerprint density at radius 1 is 1.23 bits per heavy atom. The zero-order valence-corrected chi connectivity index (χ0v) is 17.9. The fourth-order valence-corrected chi connectivity index (χ4v) is 4.37. The number of nitrogens with zero attached hydrogens (tertiary/aromatic N) is 3. The van der Waals surface area contributed by atoms with Gasteiger partial charge in [-0.15, -0.1) is 0 Å². The van der Waals surface area contributed by atoms with Gasteiger partial charge in [-0.05, 0) is 37.3 Å². The average Bonchev–Trinajstić information content (AvgIpc) is 3.20. The molecule has 4 aromatic rings. The van der Waals surface area contributed by atoms with Gasteiger partial charge in [0.05, 0.1) is 36.0 Å². The molecule has 2 N–H and O–H groups in total. The van der Waals surface area contributed by atoms with E-state index in [4.69, 9.17) is 9.72 Å². The lowest BCUT2D eigenvalue weighted by atomic mass is 10.1. The van der Waals surface area contributed by atoms with E-state index in [1.807, 2.05) is 25.2 Å². The van der Waals surface area contributed by atoms with E-state index in [0.29, 0.717) is 25.3 Å². The van der Waals surface area contributed by atoms with E-state index in [1.165, 1.54) is 10.9 Å². The van der Waals surface area contributed by atoms with E-state index in [2.05, 4.69) is 57.0 Å². The number of para-hydroxylation sites is 1. The minimum Gasteiger partial charge on any atom is -0.378 e. The Kier molecular flexibility index (Phi) is 5.21. The predicted molar refractivity (Wildman–Crippen MR) is 122 cm³/mol. The van der Waals surface area contributed by atoms with E-state index in [9.17, 15) is 4.79 Å². The fourth-order valence-electron chi connectivity index (χ4n) is 4.37. The summed E-state index contributed by atoms with van der Waals surface area (Å²) in [5.74, 6) is 0.793. The van der Waals surface area contributed by atoms with Crippen LogP contribution in [0, 0.1) is 0 Å². The molecule has 2 aromatic carbocycles. The van der Waals surface area contributed by atoms with Crippen LogP contribution in [0.25, 0.3) is 33.5 Å². The number of imidazole rings is 1. The van der Waals surface area contributed by atoms with Crippen LogP contribution in [0.5, 0.6) is 0 Å². The van der Waals surface area contributed by atoms with Crippen molar-refractivity contribution in [3.63, 3.8) is 0 Å². The normalized spacial score (nSPS) is 17.2. The molecule has 1 saturated heterocycles. The highest BCUT2D eigenvalue weighted by Gasteiger charge is 2.19. The van der Waals surface area contributed by atoms with Gasteiger partial charge >= 0.3 is 0 Å². The number of carbonyl (C=O) groups is 1. The van der Waals surface area contributed by atoms with Crippen molar-refractivity contribution in [1.29, 1.82) is 0 Å². The second-order valence-corrected chi connectivity index (χ2v) is 7.98. The summed E-state index contributed by atoms with van der Waals surface area (Å²) >= 11 is 0. The first-order valence-electron chi connectivity index (χ1n) is 10.8. The first-order chi connectivity index (χ1) is 15.2. The second-order valence-electron chi connectivity index (χ2n) is 7.98. The number of fused-ring (bicyclic) bond motifs is 2. The molecule has 1 atom stereocenters. The topological polar surface area (TPSA) is 73.1 Å². The Morgan fingerprint density at radius 3 is 2.97 bits per heavy atom. The number of aryl methyl sites for hydroxylation is 2. The van der Waals surface area contributed by atoms with Crippen LogP contribution in [0.4, 0.5) is 0 Å². The first kappa shape index (κ1) is 19.8. The summed E-state index contributed by atoms with van der Waals surface area (Å²) in [6, 6.07) is 16.2. The van der Waals surface area contributed by atoms with Gasteiger partial charge in [-0.3, -0.25) is 4.79 Å². The van der Waals surface area contributed by atoms with Crippen LogP contribution in [0.3, 0.4) is 0 Å². The molecule has 7 heteroatoms. The van der Waals surface area contributed by atoms with Gasteiger partial charge in [0.2, 0.25) is 0 Å². The summed E-state index contributed by atoms with van der Waals surface area (Å²) < 4.78 is 9.91. The third kappa shape index (κ3) is 3.60. The summed E-state index contributed by atoms with van der Waals surface area (Å²) in [4.78, 5) is 17.7. The Hall–Kier alpha value is -3.16. The van der Waals surface area contributed by atoms with E-state index >= 15 is 0 Å². The molecule has 5 rings (SSSR count). The number of aromatic nitrogens is 3. The van der Waals surface area contributed by atoms with Crippen molar-refractivity contribution in [2.24, 2.45) is 7.05 Å². The second kappa shape index (κ2) is 8.17. The first-order valence-corrected chi connectivity index (χ1v) is 10.8. The van der Waals surface area contributed by atoms with Gasteiger partial charge < -0.3 is 24.5 Å². The number of amides is 1. The molecule has 1 unspecified atom stereocenters. The molecule has 3 heterocycles. The molecule has 2 aromatic heterocycles. The molecule has 0 saturated carbocycles. The standard InChI is InChI=1S/C24H27N5O2/c1-3-29-20-7-5-4-6-16(20)13-22(29)23-27-19-12-17(8-9-21(19)28(23)2)24(30)26-18-14-25-10-11-31-15-18/h4-9,12-13,18,25H,3,10-11,14-15H2,1-2H3,(H,26,30). The van der Waals surface area contributed by atoms with Crippen molar-refractivity contribution in [2.75, 3.05) is 26.3 Å².